The normalized spacial score (nSPS) is 12.4. The molecule has 1 atom stereocenters. The minimum Gasteiger partial charge on any atom is -0.481 e. The van der Waals surface area contributed by atoms with Gasteiger partial charge in [0.25, 0.3) is 5.91 Å². The summed E-state index contributed by atoms with van der Waals surface area (Å²) in [5, 5.41) is 2.47. The van der Waals surface area contributed by atoms with Gasteiger partial charge in [0.1, 0.15) is 11.5 Å². The highest BCUT2D eigenvalue weighted by Crippen LogP contribution is 2.30. The van der Waals surface area contributed by atoms with Crippen molar-refractivity contribution in [2.75, 3.05) is 7.05 Å². The minimum atomic E-state index is -4.44. The van der Waals surface area contributed by atoms with E-state index in [2.05, 4.69) is 10.3 Å². The third-order valence-corrected chi connectivity index (χ3v) is 3.04. The van der Waals surface area contributed by atoms with E-state index in [4.69, 9.17) is 9.47 Å². The number of pyridine rings is 1. The number of amides is 1. The van der Waals surface area contributed by atoms with Crippen molar-refractivity contribution in [2.24, 2.45) is 0 Å². The zero-order valence-corrected chi connectivity index (χ0v) is 12.9. The average Bonchev–Trinajstić information content (AvgIpc) is 2.55. The summed E-state index contributed by atoms with van der Waals surface area (Å²) in [6, 6.07) is 8.32. The number of nitrogens with zero attached hydrogens (tertiary/aromatic N) is 1. The van der Waals surface area contributed by atoms with Crippen LogP contribution >= 0.6 is 0 Å². The molecule has 1 aromatic heterocycles. The van der Waals surface area contributed by atoms with Gasteiger partial charge < -0.3 is 14.8 Å². The number of likely N-dealkylation sites (N-methyl/N-ethyl adjacent to an activating group) is 1. The second-order valence-corrected chi connectivity index (χ2v) is 4.83. The summed E-state index contributed by atoms with van der Waals surface area (Å²) in [7, 11) is 1.51. The van der Waals surface area contributed by atoms with Crippen molar-refractivity contribution in [2.45, 2.75) is 19.2 Å². The number of benzene rings is 1. The standard InChI is InChI=1S/C16H15F3N2O3/c1-10(15(22)20-2)23-12-4-6-13(7-5-12)24-14-8-3-11(9-21-14)16(17,18)19/h3-10H,1-2H3,(H,20,22). The molecule has 0 aliphatic rings. The van der Waals surface area contributed by atoms with Gasteiger partial charge in [0.05, 0.1) is 5.56 Å². The van der Waals surface area contributed by atoms with E-state index >= 15 is 0 Å². The maximum absolute atomic E-state index is 12.5. The van der Waals surface area contributed by atoms with Crippen LogP contribution in [0.5, 0.6) is 17.4 Å². The lowest BCUT2D eigenvalue weighted by molar-refractivity contribution is -0.137. The summed E-state index contributed by atoms with van der Waals surface area (Å²) in [4.78, 5) is 15.0. The summed E-state index contributed by atoms with van der Waals surface area (Å²) in [6.07, 6.45) is -4.39. The SMILES string of the molecule is CNC(=O)C(C)Oc1ccc(Oc2ccc(C(F)(F)F)cn2)cc1. The zero-order valence-electron chi connectivity index (χ0n) is 12.9. The molecule has 1 heterocycles. The van der Waals surface area contributed by atoms with Crippen molar-refractivity contribution >= 4 is 5.91 Å². The predicted molar refractivity (Wildman–Crippen MR) is 79.9 cm³/mol. The number of alkyl halides is 3. The molecular formula is C16H15F3N2O3. The first-order chi connectivity index (χ1) is 11.3. The molecule has 0 fully saturated rings. The van der Waals surface area contributed by atoms with Gasteiger partial charge in [-0.3, -0.25) is 4.79 Å². The number of ether oxygens (including phenoxy) is 2. The quantitative estimate of drug-likeness (QED) is 0.906. The van der Waals surface area contributed by atoms with Gasteiger partial charge in [0.15, 0.2) is 6.10 Å². The monoisotopic (exact) mass is 340 g/mol. The molecule has 8 heteroatoms. The molecule has 1 N–H and O–H groups in total. The van der Waals surface area contributed by atoms with E-state index < -0.39 is 17.8 Å². The van der Waals surface area contributed by atoms with E-state index in [0.29, 0.717) is 17.7 Å². The fraction of sp³-hybridized carbons (Fsp3) is 0.250. The van der Waals surface area contributed by atoms with Gasteiger partial charge in [-0.25, -0.2) is 4.98 Å². The summed E-state index contributed by atoms with van der Waals surface area (Å²) in [5.41, 5.74) is -0.846. The highest BCUT2D eigenvalue weighted by Gasteiger charge is 2.30. The van der Waals surface area contributed by atoms with Crippen LogP contribution in [0.2, 0.25) is 0 Å². The lowest BCUT2D eigenvalue weighted by atomic mass is 10.3. The van der Waals surface area contributed by atoms with Gasteiger partial charge in [-0.15, -0.1) is 0 Å². The Kier molecular flexibility index (Phi) is 5.28. The van der Waals surface area contributed by atoms with E-state index in [1.165, 1.54) is 7.05 Å². The number of hydrogen-bond acceptors (Lipinski definition) is 4. The Morgan fingerprint density at radius 2 is 1.75 bits per heavy atom. The Morgan fingerprint density at radius 1 is 1.12 bits per heavy atom. The van der Waals surface area contributed by atoms with Gasteiger partial charge in [-0.2, -0.15) is 13.2 Å². The van der Waals surface area contributed by atoms with Crippen molar-refractivity contribution in [3.8, 4) is 17.4 Å². The summed E-state index contributed by atoms with van der Waals surface area (Å²) in [5.74, 6) is 0.612. The lowest BCUT2D eigenvalue weighted by Gasteiger charge is -2.13. The summed E-state index contributed by atoms with van der Waals surface area (Å²) in [6.45, 7) is 1.61. The molecule has 0 aliphatic carbocycles. The maximum Gasteiger partial charge on any atom is 0.417 e. The molecule has 0 bridgehead atoms. The Morgan fingerprint density at radius 3 is 2.25 bits per heavy atom. The van der Waals surface area contributed by atoms with Crippen LogP contribution in [0.25, 0.3) is 0 Å². The van der Waals surface area contributed by atoms with Gasteiger partial charge in [0, 0.05) is 19.3 Å². The Balaban J connectivity index is 2.00. The van der Waals surface area contributed by atoms with E-state index in [-0.39, 0.29) is 11.8 Å². The van der Waals surface area contributed by atoms with Gasteiger partial charge in [-0.1, -0.05) is 0 Å². The second kappa shape index (κ2) is 7.20. The Labute approximate surface area is 136 Å². The first-order valence-electron chi connectivity index (χ1n) is 6.99. The van der Waals surface area contributed by atoms with Gasteiger partial charge >= 0.3 is 6.18 Å². The molecule has 2 rings (SSSR count). The third-order valence-electron chi connectivity index (χ3n) is 3.04. The van der Waals surface area contributed by atoms with Crippen molar-refractivity contribution in [3.63, 3.8) is 0 Å². The molecule has 1 unspecified atom stereocenters. The van der Waals surface area contributed by atoms with Crippen LogP contribution in [0.1, 0.15) is 12.5 Å². The van der Waals surface area contributed by atoms with Crippen LogP contribution in [0.3, 0.4) is 0 Å². The number of rotatable bonds is 5. The van der Waals surface area contributed by atoms with Crippen molar-refractivity contribution < 1.29 is 27.4 Å². The smallest absolute Gasteiger partial charge is 0.417 e. The molecule has 0 spiro atoms. The fourth-order valence-corrected chi connectivity index (χ4v) is 1.78. The molecular weight excluding hydrogens is 325 g/mol. The third kappa shape index (κ3) is 4.61. The van der Waals surface area contributed by atoms with Crippen LogP contribution in [-0.2, 0) is 11.0 Å². The van der Waals surface area contributed by atoms with Crippen molar-refractivity contribution in [1.29, 1.82) is 0 Å². The zero-order chi connectivity index (χ0) is 17.7. The predicted octanol–water partition coefficient (Wildman–Crippen LogP) is 3.41. The lowest BCUT2D eigenvalue weighted by Crippen LogP contribution is -2.33. The highest BCUT2D eigenvalue weighted by molar-refractivity contribution is 5.80. The Hall–Kier alpha value is -2.77. The fourth-order valence-electron chi connectivity index (χ4n) is 1.78. The molecule has 24 heavy (non-hydrogen) atoms. The van der Waals surface area contributed by atoms with Gasteiger partial charge in [0.2, 0.25) is 5.88 Å². The molecule has 128 valence electrons. The molecule has 1 amide bonds. The molecule has 0 aliphatic heterocycles. The molecule has 1 aromatic carbocycles. The van der Waals surface area contributed by atoms with Crippen LogP contribution < -0.4 is 14.8 Å². The molecule has 0 saturated carbocycles. The topological polar surface area (TPSA) is 60.5 Å². The summed E-state index contributed by atoms with van der Waals surface area (Å²) >= 11 is 0. The van der Waals surface area contributed by atoms with E-state index in [1.54, 1.807) is 31.2 Å². The van der Waals surface area contributed by atoms with E-state index in [1.807, 2.05) is 0 Å². The van der Waals surface area contributed by atoms with E-state index in [0.717, 1.165) is 12.1 Å². The van der Waals surface area contributed by atoms with E-state index in [9.17, 15) is 18.0 Å². The second-order valence-electron chi connectivity index (χ2n) is 4.83. The summed E-state index contributed by atoms with van der Waals surface area (Å²) < 4.78 is 48.1. The van der Waals surface area contributed by atoms with Gasteiger partial charge in [-0.05, 0) is 37.3 Å². The molecule has 5 nitrogen and oxygen atoms in total. The van der Waals surface area contributed by atoms with Crippen LogP contribution in [0, 0.1) is 0 Å². The van der Waals surface area contributed by atoms with Crippen LogP contribution in [0.15, 0.2) is 42.6 Å². The number of halogens is 3. The molecule has 0 saturated heterocycles. The first-order valence-corrected chi connectivity index (χ1v) is 6.99. The number of nitrogens with one attached hydrogen (secondary N) is 1. The number of carbonyl (C=O) groups is 1. The van der Waals surface area contributed by atoms with Crippen LogP contribution in [-0.4, -0.2) is 24.0 Å². The molecule has 0 radical (unpaired) electrons. The highest BCUT2D eigenvalue weighted by atomic mass is 19.4. The number of hydrogen-bond donors (Lipinski definition) is 1. The number of carbonyl (C=O) groups excluding carboxylic acids is 1. The number of aromatic nitrogens is 1. The van der Waals surface area contributed by atoms with Crippen molar-refractivity contribution in [3.05, 3.63) is 48.2 Å². The average molecular weight is 340 g/mol. The molecule has 2 aromatic rings. The maximum atomic E-state index is 12.5. The van der Waals surface area contributed by atoms with Crippen LogP contribution in [0.4, 0.5) is 13.2 Å². The minimum absolute atomic E-state index is 0.0374. The first kappa shape index (κ1) is 17.6. The van der Waals surface area contributed by atoms with Crippen molar-refractivity contribution in [1.82, 2.24) is 10.3 Å². The Bertz CT molecular complexity index is 685. The largest absolute Gasteiger partial charge is 0.481 e.